The van der Waals surface area contributed by atoms with Crippen LogP contribution >= 0.6 is 0 Å². The molecule has 1 aromatic rings. The van der Waals surface area contributed by atoms with Gasteiger partial charge >= 0.3 is 0 Å². The van der Waals surface area contributed by atoms with Crippen molar-refractivity contribution >= 4 is 5.91 Å². The van der Waals surface area contributed by atoms with Crippen molar-refractivity contribution in [1.29, 1.82) is 0 Å². The van der Waals surface area contributed by atoms with Gasteiger partial charge < -0.3 is 16.0 Å². The van der Waals surface area contributed by atoms with Gasteiger partial charge in [-0.3, -0.25) is 4.79 Å². The van der Waals surface area contributed by atoms with Crippen LogP contribution in [0, 0.1) is 0 Å². The van der Waals surface area contributed by atoms with E-state index in [0.29, 0.717) is 6.42 Å². The van der Waals surface area contributed by atoms with E-state index in [1.165, 1.54) is 0 Å². The number of likely N-dealkylation sites (N-methyl/N-ethyl adjacent to an activating group) is 1. The van der Waals surface area contributed by atoms with E-state index < -0.39 is 5.54 Å². The van der Waals surface area contributed by atoms with Gasteiger partial charge in [0.1, 0.15) is 5.54 Å². The average molecular weight is 291 g/mol. The first-order valence-corrected chi connectivity index (χ1v) is 7.87. The van der Waals surface area contributed by atoms with Gasteiger partial charge in [0.15, 0.2) is 0 Å². The number of nitrogens with two attached hydrogens (primary N) is 1. The van der Waals surface area contributed by atoms with E-state index in [9.17, 15) is 4.79 Å². The lowest BCUT2D eigenvalue weighted by molar-refractivity contribution is -0.125. The molecule has 4 heteroatoms. The fourth-order valence-corrected chi connectivity index (χ4v) is 2.82. The predicted molar refractivity (Wildman–Crippen MR) is 88.0 cm³/mol. The van der Waals surface area contributed by atoms with Gasteiger partial charge in [0.25, 0.3) is 0 Å². The van der Waals surface area contributed by atoms with Gasteiger partial charge in [-0.05, 0) is 45.0 Å². The van der Waals surface area contributed by atoms with Crippen molar-refractivity contribution in [3.8, 4) is 0 Å². The maximum absolute atomic E-state index is 12.1. The minimum absolute atomic E-state index is 0.316. The fraction of sp³-hybridized carbons (Fsp3) is 0.588. The Balaban J connectivity index is 2.91. The number of benzene rings is 1. The van der Waals surface area contributed by atoms with Gasteiger partial charge in [0.2, 0.25) is 5.91 Å². The van der Waals surface area contributed by atoms with Crippen molar-refractivity contribution < 1.29 is 4.79 Å². The summed E-state index contributed by atoms with van der Waals surface area (Å²) in [7, 11) is 1.81. The quantitative estimate of drug-likeness (QED) is 0.694. The molecule has 118 valence electrons. The first-order valence-electron chi connectivity index (χ1n) is 7.87. The Bertz CT molecular complexity index is 415. The van der Waals surface area contributed by atoms with Gasteiger partial charge in [0.05, 0.1) is 0 Å². The first kappa shape index (κ1) is 17.7. The minimum Gasteiger partial charge on any atom is -0.368 e. The second-order valence-electron chi connectivity index (χ2n) is 5.48. The largest absolute Gasteiger partial charge is 0.368 e. The summed E-state index contributed by atoms with van der Waals surface area (Å²) in [4.78, 5) is 14.5. The van der Waals surface area contributed by atoms with Crippen LogP contribution in [0.5, 0.6) is 0 Å². The van der Waals surface area contributed by atoms with Crippen LogP contribution in [0.4, 0.5) is 0 Å². The lowest BCUT2D eigenvalue weighted by atomic mass is 9.85. The summed E-state index contributed by atoms with van der Waals surface area (Å²) in [6, 6.07) is 9.77. The van der Waals surface area contributed by atoms with Crippen LogP contribution < -0.4 is 11.1 Å². The molecule has 21 heavy (non-hydrogen) atoms. The summed E-state index contributed by atoms with van der Waals surface area (Å²) in [5.74, 6) is -0.316. The number of carbonyl (C=O) groups is 1. The van der Waals surface area contributed by atoms with Crippen LogP contribution in [-0.2, 0) is 10.3 Å². The molecule has 0 fully saturated rings. The van der Waals surface area contributed by atoms with E-state index in [2.05, 4.69) is 24.1 Å². The topological polar surface area (TPSA) is 58.4 Å². The van der Waals surface area contributed by atoms with Gasteiger partial charge in [-0.25, -0.2) is 0 Å². The van der Waals surface area contributed by atoms with Crippen molar-refractivity contribution in [2.45, 2.75) is 38.6 Å². The molecule has 0 saturated heterocycles. The van der Waals surface area contributed by atoms with Crippen LogP contribution in [0.2, 0.25) is 0 Å². The van der Waals surface area contributed by atoms with Gasteiger partial charge in [-0.1, -0.05) is 44.2 Å². The predicted octanol–water partition coefficient (Wildman–Crippen LogP) is 2.10. The number of primary amides is 1. The Morgan fingerprint density at radius 1 is 1.14 bits per heavy atom. The van der Waals surface area contributed by atoms with E-state index in [1.807, 2.05) is 37.4 Å². The SMILES string of the molecule is CCCN(CCC)CCC(NC)(C(N)=O)c1ccccc1. The molecule has 0 spiro atoms. The molecule has 0 aliphatic carbocycles. The number of amides is 1. The average Bonchev–Trinajstić information content (AvgIpc) is 2.49. The Hall–Kier alpha value is -1.39. The highest BCUT2D eigenvalue weighted by molar-refractivity contribution is 5.86. The lowest BCUT2D eigenvalue weighted by Crippen LogP contribution is -2.53. The molecule has 0 radical (unpaired) electrons. The third-order valence-corrected chi connectivity index (χ3v) is 4.00. The highest BCUT2D eigenvalue weighted by atomic mass is 16.1. The number of carbonyl (C=O) groups excluding carboxylic acids is 1. The molecule has 1 unspecified atom stereocenters. The fourth-order valence-electron chi connectivity index (χ4n) is 2.82. The highest BCUT2D eigenvalue weighted by Gasteiger charge is 2.36. The van der Waals surface area contributed by atoms with Crippen molar-refractivity contribution in [1.82, 2.24) is 10.2 Å². The zero-order chi connectivity index (χ0) is 15.7. The highest BCUT2D eigenvalue weighted by Crippen LogP contribution is 2.25. The molecule has 0 aromatic heterocycles. The number of rotatable bonds is 10. The Morgan fingerprint density at radius 3 is 2.14 bits per heavy atom. The third kappa shape index (κ3) is 4.55. The summed E-state index contributed by atoms with van der Waals surface area (Å²) < 4.78 is 0. The normalized spacial score (nSPS) is 14.1. The summed E-state index contributed by atoms with van der Waals surface area (Å²) in [6.07, 6.45) is 2.92. The van der Waals surface area contributed by atoms with Gasteiger partial charge in [-0.2, -0.15) is 0 Å². The first-order chi connectivity index (χ1) is 10.1. The third-order valence-electron chi connectivity index (χ3n) is 4.00. The molecule has 1 rings (SSSR count). The monoisotopic (exact) mass is 291 g/mol. The Morgan fingerprint density at radius 2 is 1.71 bits per heavy atom. The molecule has 0 bridgehead atoms. The van der Waals surface area contributed by atoms with Crippen LogP contribution in [0.1, 0.15) is 38.7 Å². The molecule has 4 nitrogen and oxygen atoms in total. The van der Waals surface area contributed by atoms with Crippen molar-refractivity contribution in [3.05, 3.63) is 35.9 Å². The molecule has 0 aliphatic rings. The van der Waals surface area contributed by atoms with Crippen LogP contribution in [0.3, 0.4) is 0 Å². The zero-order valence-corrected chi connectivity index (χ0v) is 13.6. The molecule has 0 aliphatic heterocycles. The number of nitrogens with zero attached hydrogens (tertiary/aromatic N) is 1. The standard InChI is InChI=1S/C17H29N3O/c1-4-12-20(13-5-2)14-11-17(19-3,16(18)21)15-9-7-6-8-10-15/h6-10,19H,4-5,11-14H2,1-3H3,(H2,18,21). The Kier molecular flexibility index (Phi) is 7.40. The van der Waals surface area contributed by atoms with Crippen molar-refractivity contribution in [2.75, 3.05) is 26.7 Å². The van der Waals surface area contributed by atoms with Crippen LogP contribution in [0.25, 0.3) is 0 Å². The van der Waals surface area contributed by atoms with Crippen molar-refractivity contribution in [2.24, 2.45) is 5.73 Å². The van der Waals surface area contributed by atoms with E-state index >= 15 is 0 Å². The number of nitrogens with one attached hydrogen (secondary N) is 1. The van der Waals surface area contributed by atoms with Gasteiger partial charge in [-0.15, -0.1) is 0 Å². The maximum Gasteiger partial charge on any atom is 0.242 e. The van der Waals surface area contributed by atoms with Gasteiger partial charge in [0, 0.05) is 6.54 Å². The van der Waals surface area contributed by atoms with E-state index in [4.69, 9.17) is 5.73 Å². The molecule has 0 heterocycles. The zero-order valence-electron chi connectivity index (χ0n) is 13.6. The van der Waals surface area contributed by atoms with E-state index in [0.717, 1.165) is 38.0 Å². The minimum atomic E-state index is -0.791. The molecule has 1 aromatic carbocycles. The maximum atomic E-state index is 12.1. The van der Waals surface area contributed by atoms with E-state index in [-0.39, 0.29) is 5.91 Å². The molecular weight excluding hydrogens is 262 g/mol. The smallest absolute Gasteiger partial charge is 0.242 e. The molecule has 1 atom stereocenters. The molecule has 3 N–H and O–H groups in total. The molecular formula is C17H29N3O. The second kappa shape index (κ2) is 8.80. The van der Waals surface area contributed by atoms with E-state index in [1.54, 1.807) is 0 Å². The number of hydrogen-bond acceptors (Lipinski definition) is 3. The van der Waals surface area contributed by atoms with Crippen LogP contribution in [0.15, 0.2) is 30.3 Å². The van der Waals surface area contributed by atoms with Crippen molar-refractivity contribution in [3.63, 3.8) is 0 Å². The summed E-state index contributed by atoms with van der Waals surface area (Å²) in [5, 5.41) is 3.17. The lowest BCUT2D eigenvalue weighted by Gasteiger charge is -2.33. The van der Waals surface area contributed by atoms with Crippen LogP contribution in [-0.4, -0.2) is 37.5 Å². The summed E-state index contributed by atoms with van der Waals surface area (Å²) >= 11 is 0. The molecule has 1 amide bonds. The Labute approximate surface area is 128 Å². The summed E-state index contributed by atoms with van der Waals surface area (Å²) in [6.45, 7) is 7.33. The molecule has 0 saturated carbocycles. The second-order valence-corrected chi connectivity index (χ2v) is 5.48. The number of hydrogen-bond donors (Lipinski definition) is 2. The summed E-state index contributed by atoms with van der Waals surface area (Å²) in [5.41, 5.74) is 5.88.